The van der Waals surface area contributed by atoms with Crippen LogP contribution in [0.25, 0.3) is 0 Å². The monoisotopic (exact) mass is 324 g/mol. The number of carbonyl (C=O) groups is 2. The Morgan fingerprint density at radius 1 is 1.12 bits per heavy atom. The molecule has 2 amide bonds. The second kappa shape index (κ2) is 7.56. The van der Waals surface area contributed by atoms with Gasteiger partial charge in [0.05, 0.1) is 11.3 Å². The molecule has 0 fully saturated rings. The van der Waals surface area contributed by atoms with Crippen LogP contribution in [0.3, 0.4) is 0 Å². The molecule has 2 aromatic carbocycles. The van der Waals surface area contributed by atoms with Crippen LogP contribution in [-0.2, 0) is 4.79 Å². The minimum atomic E-state index is -0.673. The molecule has 0 saturated carbocycles. The lowest BCUT2D eigenvalue weighted by Crippen LogP contribution is -2.16. The SMILES string of the molecule is N#C/C(=C/Nc1ccccc1C(N)=O)C(=O)Nc1ccc(F)cc1. The fourth-order valence-electron chi connectivity index (χ4n) is 1.85. The lowest BCUT2D eigenvalue weighted by molar-refractivity contribution is -0.112. The molecular formula is C17H13FN4O2. The van der Waals surface area contributed by atoms with Crippen LogP contribution in [0.2, 0.25) is 0 Å². The Morgan fingerprint density at radius 2 is 1.79 bits per heavy atom. The number of rotatable bonds is 5. The van der Waals surface area contributed by atoms with Crippen molar-refractivity contribution >= 4 is 23.2 Å². The Morgan fingerprint density at radius 3 is 2.42 bits per heavy atom. The van der Waals surface area contributed by atoms with Crippen LogP contribution in [-0.4, -0.2) is 11.8 Å². The highest BCUT2D eigenvalue weighted by molar-refractivity contribution is 6.07. The van der Waals surface area contributed by atoms with Crippen LogP contribution in [0.4, 0.5) is 15.8 Å². The van der Waals surface area contributed by atoms with Crippen LogP contribution < -0.4 is 16.4 Å². The molecule has 7 heteroatoms. The van der Waals surface area contributed by atoms with E-state index in [2.05, 4.69) is 10.6 Å². The lowest BCUT2D eigenvalue weighted by Gasteiger charge is -2.07. The van der Waals surface area contributed by atoms with E-state index < -0.39 is 17.6 Å². The van der Waals surface area contributed by atoms with E-state index in [4.69, 9.17) is 11.0 Å². The molecule has 120 valence electrons. The van der Waals surface area contributed by atoms with Gasteiger partial charge >= 0.3 is 0 Å². The van der Waals surface area contributed by atoms with Gasteiger partial charge in [-0.3, -0.25) is 9.59 Å². The normalized spacial score (nSPS) is 10.6. The molecule has 4 N–H and O–H groups in total. The molecule has 0 aromatic heterocycles. The van der Waals surface area contributed by atoms with E-state index in [1.54, 1.807) is 24.3 Å². The standard InChI is InChI=1S/C17H13FN4O2/c18-12-5-7-13(8-6-12)22-17(24)11(9-19)10-21-15-4-2-1-3-14(15)16(20)23/h1-8,10,21H,(H2,20,23)(H,22,24)/b11-10-. The smallest absolute Gasteiger partial charge is 0.267 e. The predicted molar refractivity (Wildman–Crippen MR) is 87.3 cm³/mol. The zero-order chi connectivity index (χ0) is 17.5. The van der Waals surface area contributed by atoms with Gasteiger partial charge in [-0.1, -0.05) is 12.1 Å². The second-order valence-corrected chi connectivity index (χ2v) is 4.69. The highest BCUT2D eigenvalue weighted by Gasteiger charge is 2.11. The van der Waals surface area contributed by atoms with Gasteiger partial charge in [-0.25, -0.2) is 4.39 Å². The molecule has 0 aliphatic heterocycles. The number of nitriles is 1. The van der Waals surface area contributed by atoms with E-state index in [9.17, 15) is 14.0 Å². The fraction of sp³-hybridized carbons (Fsp3) is 0. The maximum Gasteiger partial charge on any atom is 0.267 e. The molecule has 6 nitrogen and oxygen atoms in total. The summed E-state index contributed by atoms with van der Waals surface area (Å²) in [5.74, 6) is -1.75. The summed E-state index contributed by atoms with van der Waals surface area (Å²) < 4.78 is 12.8. The zero-order valence-corrected chi connectivity index (χ0v) is 12.4. The molecule has 0 radical (unpaired) electrons. The first-order chi connectivity index (χ1) is 11.5. The molecular weight excluding hydrogens is 311 g/mol. The van der Waals surface area contributed by atoms with Crippen LogP contribution in [0.15, 0.2) is 60.3 Å². The first-order valence-electron chi connectivity index (χ1n) is 6.84. The van der Waals surface area contributed by atoms with Crippen molar-refractivity contribution < 1.29 is 14.0 Å². The summed E-state index contributed by atoms with van der Waals surface area (Å²) in [6.07, 6.45) is 1.17. The Bertz CT molecular complexity index is 838. The number of hydrogen-bond donors (Lipinski definition) is 3. The van der Waals surface area contributed by atoms with E-state index in [0.29, 0.717) is 11.4 Å². The van der Waals surface area contributed by atoms with Crippen LogP contribution in [0, 0.1) is 17.1 Å². The zero-order valence-electron chi connectivity index (χ0n) is 12.4. The largest absolute Gasteiger partial charge is 0.366 e. The molecule has 0 bridgehead atoms. The molecule has 0 heterocycles. The molecule has 0 saturated heterocycles. The number of nitrogens with zero attached hydrogens (tertiary/aromatic N) is 1. The van der Waals surface area contributed by atoms with Crippen LogP contribution in [0.5, 0.6) is 0 Å². The van der Waals surface area contributed by atoms with Crippen LogP contribution >= 0.6 is 0 Å². The molecule has 0 aliphatic carbocycles. The van der Waals surface area contributed by atoms with Crippen molar-refractivity contribution in [1.29, 1.82) is 5.26 Å². The highest BCUT2D eigenvalue weighted by atomic mass is 19.1. The number of anilines is 2. The number of para-hydroxylation sites is 1. The van der Waals surface area contributed by atoms with E-state index in [0.717, 1.165) is 0 Å². The second-order valence-electron chi connectivity index (χ2n) is 4.69. The number of nitrogens with two attached hydrogens (primary N) is 1. The van der Waals surface area contributed by atoms with Gasteiger partial charge in [0.25, 0.3) is 11.8 Å². The van der Waals surface area contributed by atoms with Crippen molar-refractivity contribution in [3.8, 4) is 6.07 Å². The van der Waals surface area contributed by atoms with Crippen molar-refractivity contribution in [2.24, 2.45) is 5.73 Å². The number of halogens is 1. The predicted octanol–water partition coefficient (Wildman–Crippen LogP) is 2.38. The number of nitrogens with one attached hydrogen (secondary N) is 2. The van der Waals surface area contributed by atoms with E-state index >= 15 is 0 Å². The Balaban J connectivity index is 2.15. The minimum absolute atomic E-state index is 0.224. The van der Waals surface area contributed by atoms with Crippen LogP contribution in [0.1, 0.15) is 10.4 Å². The van der Waals surface area contributed by atoms with E-state index in [1.165, 1.54) is 36.5 Å². The van der Waals surface area contributed by atoms with Crippen molar-refractivity contribution in [2.75, 3.05) is 10.6 Å². The number of benzene rings is 2. The summed E-state index contributed by atoms with van der Waals surface area (Å²) >= 11 is 0. The molecule has 2 rings (SSSR count). The first kappa shape index (κ1) is 16.7. The number of primary amides is 1. The lowest BCUT2D eigenvalue weighted by atomic mass is 10.1. The fourth-order valence-corrected chi connectivity index (χ4v) is 1.85. The maximum atomic E-state index is 12.8. The average molecular weight is 324 g/mol. The van der Waals surface area contributed by atoms with Gasteiger partial charge in [-0.15, -0.1) is 0 Å². The Hall–Kier alpha value is -3.66. The summed E-state index contributed by atoms with van der Waals surface area (Å²) in [4.78, 5) is 23.4. The van der Waals surface area contributed by atoms with Gasteiger partial charge < -0.3 is 16.4 Å². The maximum absolute atomic E-state index is 12.8. The summed E-state index contributed by atoms with van der Waals surface area (Å²) in [5, 5.41) is 14.3. The number of hydrogen-bond acceptors (Lipinski definition) is 4. The molecule has 2 aromatic rings. The van der Waals surface area contributed by atoms with Gasteiger partial charge in [0, 0.05) is 11.9 Å². The Kier molecular flexibility index (Phi) is 5.26. The third kappa shape index (κ3) is 4.18. The van der Waals surface area contributed by atoms with E-state index in [-0.39, 0.29) is 11.1 Å². The Labute approximate surface area is 137 Å². The van der Waals surface area contributed by atoms with Gasteiger partial charge in [-0.05, 0) is 36.4 Å². The van der Waals surface area contributed by atoms with Gasteiger partial charge in [-0.2, -0.15) is 5.26 Å². The summed E-state index contributed by atoms with van der Waals surface area (Å²) in [5.41, 5.74) is 5.97. The quantitative estimate of drug-likeness (QED) is 0.579. The van der Waals surface area contributed by atoms with Gasteiger partial charge in [0.15, 0.2) is 0 Å². The molecule has 0 aliphatic rings. The van der Waals surface area contributed by atoms with Crippen molar-refractivity contribution in [3.05, 3.63) is 71.7 Å². The summed E-state index contributed by atoms with van der Waals surface area (Å²) in [7, 11) is 0. The van der Waals surface area contributed by atoms with Gasteiger partial charge in [0.2, 0.25) is 0 Å². The highest BCUT2D eigenvalue weighted by Crippen LogP contribution is 2.15. The number of amides is 2. The average Bonchev–Trinajstić information content (AvgIpc) is 2.57. The summed E-state index contributed by atoms with van der Waals surface area (Å²) in [6, 6.07) is 13.3. The third-order valence-corrected chi connectivity index (χ3v) is 3.03. The topological polar surface area (TPSA) is 108 Å². The van der Waals surface area contributed by atoms with Crippen molar-refractivity contribution in [3.63, 3.8) is 0 Å². The van der Waals surface area contributed by atoms with Crippen molar-refractivity contribution in [1.82, 2.24) is 0 Å². The summed E-state index contributed by atoms with van der Waals surface area (Å²) in [6.45, 7) is 0. The molecule has 0 atom stereocenters. The van der Waals surface area contributed by atoms with Gasteiger partial charge in [0.1, 0.15) is 17.5 Å². The molecule has 0 spiro atoms. The molecule has 24 heavy (non-hydrogen) atoms. The minimum Gasteiger partial charge on any atom is -0.366 e. The van der Waals surface area contributed by atoms with E-state index in [1.807, 2.05) is 0 Å². The number of carbonyl (C=O) groups excluding carboxylic acids is 2. The first-order valence-corrected chi connectivity index (χ1v) is 6.84. The third-order valence-electron chi connectivity index (χ3n) is 3.03. The molecule has 0 unspecified atom stereocenters. The van der Waals surface area contributed by atoms with Crippen molar-refractivity contribution in [2.45, 2.75) is 0 Å².